The van der Waals surface area contributed by atoms with Gasteiger partial charge in [0.2, 0.25) is 0 Å². The van der Waals surface area contributed by atoms with Gasteiger partial charge in [-0.3, -0.25) is 9.69 Å². The SMILES string of the molecule is C=CCN1CCC23c4c(ccc(O)c4O[C@H]2C(=O)CC)C[C@@H]1C3(C)O. The van der Waals surface area contributed by atoms with Crippen LogP contribution in [0, 0.1) is 0 Å². The molecule has 1 fully saturated rings. The lowest BCUT2D eigenvalue weighted by Gasteiger charge is -2.59. The molecule has 134 valence electrons. The fourth-order valence-corrected chi connectivity index (χ4v) is 5.34. The molecule has 3 aliphatic rings. The summed E-state index contributed by atoms with van der Waals surface area (Å²) in [6.07, 6.45) is 2.73. The van der Waals surface area contributed by atoms with Crippen molar-refractivity contribution in [3.05, 3.63) is 35.9 Å². The quantitative estimate of drug-likeness (QED) is 0.818. The second-order valence-corrected chi connectivity index (χ2v) is 7.64. The van der Waals surface area contributed by atoms with Crippen LogP contribution in [0.1, 0.15) is 37.8 Å². The Labute approximate surface area is 147 Å². The fourth-order valence-electron chi connectivity index (χ4n) is 5.34. The first-order valence-electron chi connectivity index (χ1n) is 9.00. The van der Waals surface area contributed by atoms with Crippen molar-refractivity contribution in [2.45, 2.75) is 56.3 Å². The normalized spacial score (nSPS) is 35.8. The van der Waals surface area contributed by atoms with Crippen LogP contribution in [0.3, 0.4) is 0 Å². The molecule has 5 nitrogen and oxygen atoms in total. The number of carbonyl (C=O) groups excluding carboxylic acids is 1. The number of likely N-dealkylation sites (tertiary alicyclic amines) is 1. The molecular weight excluding hydrogens is 318 g/mol. The number of rotatable bonds is 4. The number of hydrogen-bond donors (Lipinski definition) is 2. The Morgan fingerprint density at radius 1 is 1.52 bits per heavy atom. The molecular formula is C20H25NO4. The molecule has 2 heterocycles. The number of ether oxygens (including phenoxy) is 1. The van der Waals surface area contributed by atoms with Gasteiger partial charge in [-0.05, 0) is 31.4 Å². The average molecular weight is 343 g/mol. The van der Waals surface area contributed by atoms with E-state index in [1.807, 2.05) is 26.0 Å². The first-order valence-corrected chi connectivity index (χ1v) is 9.00. The Balaban J connectivity index is 1.97. The highest BCUT2D eigenvalue weighted by atomic mass is 16.5. The number of ketones is 1. The molecule has 1 aromatic rings. The lowest BCUT2D eigenvalue weighted by Crippen LogP contribution is -2.73. The number of hydrogen-bond acceptors (Lipinski definition) is 5. The van der Waals surface area contributed by atoms with Crippen LogP contribution in [0.25, 0.3) is 0 Å². The summed E-state index contributed by atoms with van der Waals surface area (Å²) in [6, 6.07) is 3.43. The van der Waals surface area contributed by atoms with E-state index in [1.54, 1.807) is 6.07 Å². The third-order valence-corrected chi connectivity index (χ3v) is 6.56. The summed E-state index contributed by atoms with van der Waals surface area (Å²) in [5.74, 6) is 0.409. The van der Waals surface area contributed by atoms with Crippen molar-refractivity contribution >= 4 is 5.78 Å². The molecule has 2 unspecified atom stereocenters. The lowest BCUT2D eigenvalue weighted by atomic mass is 9.53. The van der Waals surface area contributed by atoms with E-state index in [0.29, 0.717) is 31.6 Å². The fraction of sp³-hybridized carbons (Fsp3) is 0.550. The Kier molecular flexibility index (Phi) is 3.54. The van der Waals surface area contributed by atoms with E-state index < -0.39 is 17.1 Å². The zero-order valence-electron chi connectivity index (χ0n) is 14.8. The van der Waals surface area contributed by atoms with Crippen LogP contribution < -0.4 is 4.74 Å². The highest BCUT2D eigenvalue weighted by molar-refractivity contribution is 5.88. The third kappa shape index (κ3) is 1.88. The minimum atomic E-state index is -1.13. The molecule has 2 N–H and O–H groups in total. The molecule has 1 saturated heterocycles. The monoisotopic (exact) mass is 343 g/mol. The molecule has 1 aromatic carbocycles. The second-order valence-electron chi connectivity index (χ2n) is 7.64. The number of fused-ring (bicyclic) bond motifs is 1. The Morgan fingerprint density at radius 3 is 2.96 bits per heavy atom. The summed E-state index contributed by atoms with van der Waals surface area (Å²) >= 11 is 0. The number of nitrogens with zero attached hydrogens (tertiary/aromatic N) is 1. The maximum Gasteiger partial charge on any atom is 0.174 e. The van der Waals surface area contributed by atoms with Crippen molar-refractivity contribution in [2.75, 3.05) is 13.1 Å². The van der Waals surface area contributed by atoms with Crippen LogP contribution in [-0.4, -0.2) is 51.7 Å². The van der Waals surface area contributed by atoms with Crippen molar-refractivity contribution < 1.29 is 19.7 Å². The molecule has 2 bridgehead atoms. The Morgan fingerprint density at radius 2 is 2.28 bits per heavy atom. The summed E-state index contributed by atoms with van der Waals surface area (Å²) in [5.41, 5.74) is -0.0248. The predicted octanol–water partition coefficient (Wildman–Crippen LogP) is 1.94. The topological polar surface area (TPSA) is 70.0 Å². The number of phenolic OH excluding ortho intramolecular Hbond substituents is 1. The molecule has 0 saturated carbocycles. The van der Waals surface area contributed by atoms with Gasteiger partial charge in [0.25, 0.3) is 0 Å². The zero-order valence-corrected chi connectivity index (χ0v) is 14.8. The molecule has 2 aliphatic heterocycles. The molecule has 1 aliphatic carbocycles. The highest BCUT2D eigenvalue weighted by Gasteiger charge is 2.69. The minimum absolute atomic E-state index is 0.0281. The summed E-state index contributed by atoms with van der Waals surface area (Å²) in [5, 5.41) is 22.0. The Bertz CT molecular complexity index is 756. The van der Waals surface area contributed by atoms with E-state index in [0.717, 1.165) is 17.7 Å². The van der Waals surface area contributed by atoms with Crippen molar-refractivity contribution in [1.82, 2.24) is 4.90 Å². The number of Topliss-reactive ketones (excluding diaryl/α,β-unsaturated/α-hetero) is 1. The van der Waals surface area contributed by atoms with Crippen LogP contribution >= 0.6 is 0 Å². The van der Waals surface area contributed by atoms with Crippen molar-refractivity contribution in [3.8, 4) is 11.5 Å². The van der Waals surface area contributed by atoms with Crippen LogP contribution in [0.4, 0.5) is 0 Å². The molecule has 5 heteroatoms. The van der Waals surface area contributed by atoms with Gasteiger partial charge < -0.3 is 14.9 Å². The minimum Gasteiger partial charge on any atom is -0.504 e. The van der Waals surface area contributed by atoms with Gasteiger partial charge >= 0.3 is 0 Å². The summed E-state index contributed by atoms with van der Waals surface area (Å²) in [7, 11) is 0. The molecule has 4 atom stereocenters. The standard InChI is InChI=1S/C20H25NO4/c1-4-9-21-10-8-20-16-12(11-15(21)19(20,3)24)6-7-14(23)17(16)25-18(20)13(22)5-2/h4,6-7,15,18,23-24H,1,5,8-11H2,2-3H3/t15-,18+,19?,20?/m1/s1. The van der Waals surface area contributed by atoms with E-state index in [4.69, 9.17) is 4.74 Å². The van der Waals surface area contributed by atoms with E-state index in [2.05, 4.69) is 11.5 Å². The van der Waals surface area contributed by atoms with E-state index >= 15 is 0 Å². The van der Waals surface area contributed by atoms with Gasteiger partial charge in [-0.1, -0.05) is 19.1 Å². The molecule has 0 aromatic heterocycles. The van der Waals surface area contributed by atoms with Crippen LogP contribution in [0.2, 0.25) is 0 Å². The molecule has 0 radical (unpaired) electrons. The third-order valence-electron chi connectivity index (χ3n) is 6.56. The summed E-state index contributed by atoms with van der Waals surface area (Å²) < 4.78 is 6.02. The van der Waals surface area contributed by atoms with Crippen molar-refractivity contribution in [1.29, 1.82) is 0 Å². The van der Waals surface area contributed by atoms with Gasteiger partial charge in [0, 0.05) is 31.1 Å². The first-order chi connectivity index (χ1) is 11.9. The van der Waals surface area contributed by atoms with Gasteiger partial charge in [-0.15, -0.1) is 6.58 Å². The van der Waals surface area contributed by atoms with Gasteiger partial charge in [-0.2, -0.15) is 0 Å². The predicted molar refractivity (Wildman–Crippen MR) is 94.0 cm³/mol. The first kappa shape index (κ1) is 16.6. The summed E-state index contributed by atoms with van der Waals surface area (Å²) in [4.78, 5) is 15.0. The maximum absolute atomic E-state index is 12.7. The number of phenols is 1. The van der Waals surface area contributed by atoms with E-state index in [1.165, 1.54) is 0 Å². The number of piperidine rings is 1. The molecule has 25 heavy (non-hydrogen) atoms. The lowest BCUT2D eigenvalue weighted by molar-refractivity contribution is -0.162. The molecule has 0 amide bonds. The number of benzene rings is 1. The summed E-state index contributed by atoms with van der Waals surface area (Å²) in [6.45, 7) is 8.94. The van der Waals surface area contributed by atoms with Gasteiger partial charge in [0.15, 0.2) is 23.4 Å². The van der Waals surface area contributed by atoms with Gasteiger partial charge in [0.1, 0.15) is 0 Å². The van der Waals surface area contributed by atoms with Crippen molar-refractivity contribution in [2.24, 2.45) is 0 Å². The largest absolute Gasteiger partial charge is 0.504 e. The average Bonchev–Trinajstić information content (AvgIpc) is 2.92. The zero-order chi connectivity index (χ0) is 18.0. The smallest absolute Gasteiger partial charge is 0.174 e. The number of carbonyl (C=O) groups is 1. The molecule has 4 rings (SSSR count). The van der Waals surface area contributed by atoms with E-state index in [-0.39, 0.29) is 17.6 Å². The second kappa shape index (κ2) is 5.32. The van der Waals surface area contributed by atoms with E-state index in [9.17, 15) is 15.0 Å². The molecule has 1 spiro atoms. The van der Waals surface area contributed by atoms with Crippen LogP contribution in [0.15, 0.2) is 24.8 Å². The van der Waals surface area contributed by atoms with Gasteiger partial charge in [0.05, 0.1) is 11.0 Å². The maximum atomic E-state index is 12.7. The van der Waals surface area contributed by atoms with Crippen LogP contribution in [0.5, 0.6) is 11.5 Å². The van der Waals surface area contributed by atoms with Crippen LogP contribution in [-0.2, 0) is 16.6 Å². The Hall–Kier alpha value is -1.85. The number of aromatic hydroxyl groups is 1. The number of aliphatic hydroxyl groups is 1. The highest BCUT2D eigenvalue weighted by Crippen LogP contribution is 2.61. The van der Waals surface area contributed by atoms with Crippen molar-refractivity contribution in [3.63, 3.8) is 0 Å². The van der Waals surface area contributed by atoms with Gasteiger partial charge in [-0.25, -0.2) is 0 Å².